The maximum Gasteiger partial charge on any atom is 0.227 e. The normalized spacial score (nSPS) is 20.2. The number of likely N-dealkylation sites (tertiary alicyclic amines) is 2. The average Bonchev–Trinajstić information content (AvgIpc) is 3.11. The maximum absolute atomic E-state index is 13.0. The van der Waals surface area contributed by atoms with E-state index in [1.165, 1.54) is 12.1 Å². The highest BCUT2D eigenvalue weighted by Crippen LogP contribution is 2.25. The Morgan fingerprint density at radius 2 is 1.79 bits per heavy atom. The molecule has 1 atom stereocenters. The summed E-state index contributed by atoms with van der Waals surface area (Å²) in [6, 6.07) is 9.76. The minimum absolute atomic E-state index is 0.0120. The number of aromatic nitrogens is 1. The quantitative estimate of drug-likeness (QED) is 0.778. The molecule has 152 valence electrons. The second kappa shape index (κ2) is 8.59. The molecule has 0 radical (unpaired) electrons. The Labute approximate surface area is 169 Å². The number of pyridine rings is 1. The van der Waals surface area contributed by atoms with Crippen molar-refractivity contribution in [1.82, 2.24) is 14.8 Å². The molecule has 6 nitrogen and oxygen atoms in total. The summed E-state index contributed by atoms with van der Waals surface area (Å²) in [5, 5.41) is 0. The van der Waals surface area contributed by atoms with Crippen LogP contribution in [0, 0.1) is 11.7 Å². The van der Waals surface area contributed by atoms with Crippen LogP contribution in [-0.4, -0.2) is 52.3 Å². The van der Waals surface area contributed by atoms with Crippen molar-refractivity contribution in [3.05, 3.63) is 60.2 Å². The molecule has 2 aliphatic heterocycles. The number of rotatable bonds is 5. The number of amides is 2. The number of carbonyl (C=O) groups is 2. The molecule has 0 saturated carbocycles. The van der Waals surface area contributed by atoms with Crippen LogP contribution in [0.2, 0.25) is 0 Å². The van der Waals surface area contributed by atoms with Crippen molar-refractivity contribution in [2.75, 3.05) is 19.6 Å². The zero-order valence-electron chi connectivity index (χ0n) is 16.2. The number of hydrogen-bond donors (Lipinski definition) is 0. The smallest absolute Gasteiger partial charge is 0.227 e. The third-order valence-corrected chi connectivity index (χ3v) is 5.56. The predicted molar refractivity (Wildman–Crippen MR) is 104 cm³/mol. The summed E-state index contributed by atoms with van der Waals surface area (Å²) in [6.07, 6.45) is 5.15. The standard InChI is InChI=1S/C22H24FN3O3/c23-18-1-3-19(4-2-18)29-20-7-11-25(12-8-20)22(28)17-13-21(27)26(15-17)14-16-5-9-24-10-6-16/h1-6,9-10,17,20H,7-8,11-15H2. The molecular formula is C22H24FN3O3. The average molecular weight is 397 g/mol. The van der Waals surface area contributed by atoms with E-state index in [0.717, 1.165) is 18.4 Å². The van der Waals surface area contributed by atoms with Crippen LogP contribution >= 0.6 is 0 Å². The molecule has 2 fully saturated rings. The number of hydrogen-bond acceptors (Lipinski definition) is 4. The van der Waals surface area contributed by atoms with E-state index in [2.05, 4.69) is 4.98 Å². The summed E-state index contributed by atoms with van der Waals surface area (Å²) in [7, 11) is 0. The molecule has 2 amide bonds. The highest BCUT2D eigenvalue weighted by Gasteiger charge is 2.37. The van der Waals surface area contributed by atoms with E-state index >= 15 is 0 Å². The first-order valence-corrected chi connectivity index (χ1v) is 9.96. The lowest BCUT2D eigenvalue weighted by molar-refractivity contribution is -0.137. The molecule has 0 aliphatic carbocycles. The van der Waals surface area contributed by atoms with Gasteiger partial charge in [-0.3, -0.25) is 14.6 Å². The first kappa shape index (κ1) is 19.4. The van der Waals surface area contributed by atoms with Crippen molar-refractivity contribution in [1.29, 1.82) is 0 Å². The van der Waals surface area contributed by atoms with E-state index in [4.69, 9.17) is 4.74 Å². The van der Waals surface area contributed by atoms with Gasteiger partial charge < -0.3 is 14.5 Å². The van der Waals surface area contributed by atoms with Crippen LogP contribution in [0.25, 0.3) is 0 Å². The fraction of sp³-hybridized carbons (Fsp3) is 0.409. The van der Waals surface area contributed by atoms with E-state index in [-0.39, 0.29) is 36.1 Å². The van der Waals surface area contributed by atoms with Gasteiger partial charge in [-0.2, -0.15) is 0 Å². The molecule has 3 heterocycles. The van der Waals surface area contributed by atoms with Crippen molar-refractivity contribution in [2.45, 2.75) is 31.9 Å². The number of benzene rings is 1. The summed E-state index contributed by atoms with van der Waals surface area (Å²) < 4.78 is 18.9. The number of ether oxygens (including phenoxy) is 1. The van der Waals surface area contributed by atoms with Gasteiger partial charge in [-0.1, -0.05) is 0 Å². The maximum atomic E-state index is 13.0. The predicted octanol–water partition coefficient (Wildman–Crippen LogP) is 2.64. The van der Waals surface area contributed by atoms with Crippen LogP contribution in [0.15, 0.2) is 48.8 Å². The van der Waals surface area contributed by atoms with Gasteiger partial charge in [0.25, 0.3) is 0 Å². The fourth-order valence-corrected chi connectivity index (χ4v) is 3.96. The minimum atomic E-state index is -0.290. The van der Waals surface area contributed by atoms with E-state index in [9.17, 15) is 14.0 Å². The lowest BCUT2D eigenvalue weighted by Gasteiger charge is -2.33. The SMILES string of the molecule is O=C1CC(C(=O)N2CCC(Oc3ccc(F)cc3)CC2)CN1Cc1ccncc1. The van der Waals surface area contributed by atoms with Gasteiger partial charge in [0.1, 0.15) is 17.7 Å². The van der Waals surface area contributed by atoms with Crippen LogP contribution < -0.4 is 4.74 Å². The summed E-state index contributed by atoms with van der Waals surface area (Å²) in [6.45, 7) is 2.20. The van der Waals surface area contributed by atoms with Gasteiger partial charge in [0.05, 0.1) is 5.92 Å². The molecule has 1 aromatic carbocycles. The number of piperidine rings is 1. The Balaban J connectivity index is 1.27. The third-order valence-electron chi connectivity index (χ3n) is 5.56. The van der Waals surface area contributed by atoms with Crippen LogP contribution in [0.4, 0.5) is 4.39 Å². The molecule has 2 aromatic rings. The van der Waals surface area contributed by atoms with Gasteiger partial charge in [0, 0.05) is 57.8 Å². The van der Waals surface area contributed by atoms with Crippen molar-refractivity contribution in [3.8, 4) is 5.75 Å². The van der Waals surface area contributed by atoms with Gasteiger partial charge in [-0.05, 0) is 42.0 Å². The second-order valence-electron chi connectivity index (χ2n) is 7.63. The van der Waals surface area contributed by atoms with Crippen molar-refractivity contribution < 1.29 is 18.7 Å². The summed E-state index contributed by atoms with van der Waals surface area (Å²) in [5.74, 6) is 0.149. The van der Waals surface area contributed by atoms with Crippen molar-refractivity contribution >= 4 is 11.8 Å². The molecule has 1 aromatic heterocycles. The Morgan fingerprint density at radius 3 is 2.48 bits per heavy atom. The molecule has 4 rings (SSSR count). The highest BCUT2D eigenvalue weighted by atomic mass is 19.1. The fourth-order valence-electron chi connectivity index (χ4n) is 3.96. The Bertz CT molecular complexity index is 851. The van der Waals surface area contributed by atoms with Crippen LogP contribution in [0.5, 0.6) is 5.75 Å². The molecule has 7 heteroatoms. The van der Waals surface area contributed by atoms with Gasteiger partial charge in [0.2, 0.25) is 11.8 Å². The monoisotopic (exact) mass is 397 g/mol. The number of nitrogens with zero attached hydrogens (tertiary/aromatic N) is 3. The minimum Gasteiger partial charge on any atom is -0.490 e. The molecule has 0 N–H and O–H groups in total. The van der Waals surface area contributed by atoms with Crippen LogP contribution in [0.3, 0.4) is 0 Å². The second-order valence-corrected chi connectivity index (χ2v) is 7.63. The van der Waals surface area contributed by atoms with Gasteiger partial charge in [-0.15, -0.1) is 0 Å². The third kappa shape index (κ3) is 4.72. The molecular weight excluding hydrogens is 373 g/mol. The van der Waals surface area contributed by atoms with Gasteiger partial charge in [0.15, 0.2) is 0 Å². The summed E-state index contributed by atoms with van der Waals surface area (Å²) in [5.41, 5.74) is 1.01. The highest BCUT2D eigenvalue weighted by molar-refractivity contribution is 5.89. The Morgan fingerprint density at radius 1 is 1.10 bits per heavy atom. The van der Waals surface area contributed by atoms with Gasteiger partial charge in [-0.25, -0.2) is 4.39 Å². The van der Waals surface area contributed by atoms with E-state index in [1.807, 2.05) is 17.0 Å². The van der Waals surface area contributed by atoms with Crippen LogP contribution in [0.1, 0.15) is 24.8 Å². The molecule has 2 saturated heterocycles. The Kier molecular flexibility index (Phi) is 5.74. The molecule has 1 unspecified atom stereocenters. The molecule has 2 aliphatic rings. The lowest BCUT2D eigenvalue weighted by Crippen LogP contribution is -2.44. The van der Waals surface area contributed by atoms with E-state index in [0.29, 0.717) is 31.9 Å². The topological polar surface area (TPSA) is 62.7 Å². The molecule has 0 spiro atoms. The van der Waals surface area contributed by atoms with E-state index < -0.39 is 0 Å². The van der Waals surface area contributed by atoms with Gasteiger partial charge >= 0.3 is 0 Å². The van der Waals surface area contributed by atoms with E-state index in [1.54, 1.807) is 29.4 Å². The largest absolute Gasteiger partial charge is 0.490 e. The molecule has 29 heavy (non-hydrogen) atoms. The first-order valence-electron chi connectivity index (χ1n) is 9.96. The van der Waals surface area contributed by atoms with Crippen molar-refractivity contribution in [2.24, 2.45) is 5.92 Å². The first-order chi connectivity index (χ1) is 14.1. The zero-order valence-corrected chi connectivity index (χ0v) is 16.2. The number of halogens is 1. The van der Waals surface area contributed by atoms with Crippen molar-refractivity contribution in [3.63, 3.8) is 0 Å². The van der Waals surface area contributed by atoms with Crippen LogP contribution in [-0.2, 0) is 16.1 Å². The number of carbonyl (C=O) groups excluding carboxylic acids is 2. The Hall–Kier alpha value is -2.96. The summed E-state index contributed by atoms with van der Waals surface area (Å²) in [4.78, 5) is 32.8. The summed E-state index contributed by atoms with van der Waals surface area (Å²) >= 11 is 0. The molecule has 0 bridgehead atoms. The lowest BCUT2D eigenvalue weighted by atomic mass is 10.0. The zero-order chi connectivity index (χ0) is 20.2.